The predicted octanol–water partition coefficient (Wildman–Crippen LogP) is -0.291. The minimum absolute atomic E-state index is 0.0458. The van der Waals surface area contributed by atoms with Crippen molar-refractivity contribution in [3.63, 3.8) is 0 Å². The SMILES string of the molecule is NC(N)=NCCC[C@H](N[N+](=O)[O-])C(=O)OC(c1ccccc1)[N+](=O)[O-]. The third-order valence-electron chi connectivity index (χ3n) is 3.00. The van der Waals surface area contributed by atoms with Crippen LogP contribution in [0.4, 0.5) is 0 Å². The maximum atomic E-state index is 12.1. The van der Waals surface area contributed by atoms with E-state index in [0.29, 0.717) is 0 Å². The van der Waals surface area contributed by atoms with Gasteiger partial charge >= 0.3 is 12.2 Å². The van der Waals surface area contributed by atoms with Gasteiger partial charge in [-0.25, -0.2) is 14.9 Å². The first-order valence-electron chi connectivity index (χ1n) is 7.16. The zero-order valence-electron chi connectivity index (χ0n) is 13.1. The van der Waals surface area contributed by atoms with Crippen molar-refractivity contribution in [3.05, 3.63) is 56.1 Å². The predicted molar refractivity (Wildman–Crippen MR) is 86.1 cm³/mol. The number of guanidine groups is 1. The zero-order chi connectivity index (χ0) is 18.8. The maximum absolute atomic E-state index is 12.1. The van der Waals surface area contributed by atoms with Gasteiger partial charge in [-0.3, -0.25) is 15.1 Å². The van der Waals surface area contributed by atoms with Crippen LogP contribution in [0, 0.1) is 20.2 Å². The van der Waals surface area contributed by atoms with Crippen molar-refractivity contribution < 1.29 is 19.5 Å². The molecule has 0 fully saturated rings. The Hall–Kier alpha value is -3.44. The second-order valence-electron chi connectivity index (χ2n) is 4.87. The molecule has 0 spiro atoms. The van der Waals surface area contributed by atoms with Crippen LogP contribution in [-0.4, -0.2) is 34.5 Å². The fourth-order valence-electron chi connectivity index (χ4n) is 1.91. The number of nitrogens with one attached hydrogen (secondary N) is 1. The minimum atomic E-state index is -1.76. The highest BCUT2D eigenvalue weighted by atomic mass is 16.7. The lowest BCUT2D eigenvalue weighted by molar-refractivity contribution is -0.578. The Kier molecular flexibility index (Phi) is 7.56. The van der Waals surface area contributed by atoms with Crippen molar-refractivity contribution in [2.75, 3.05) is 6.54 Å². The topological polar surface area (TPSA) is 189 Å². The van der Waals surface area contributed by atoms with Gasteiger partial charge in [0.2, 0.25) is 0 Å². The molecule has 0 radical (unpaired) electrons. The highest BCUT2D eigenvalue weighted by molar-refractivity contribution is 5.76. The smallest absolute Gasteiger partial charge is 0.382 e. The quantitative estimate of drug-likeness (QED) is 0.0963. The van der Waals surface area contributed by atoms with Gasteiger partial charge < -0.3 is 16.2 Å². The summed E-state index contributed by atoms with van der Waals surface area (Å²) in [6.45, 7) is 0.142. The van der Waals surface area contributed by atoms with E-state index in [-0.39, 0.29) is 30.9 Å². The number of hydrazine groups is 1. The number of aliphatic imine (C=N–C) groups is 1. The van der Waals surface area contributed by atoms with Crippen molar-refractivity contribution in [2.45, 2.75) is 25.1 Å². The fourth-order valence-corrected chi connectivity index (χ4v) is 1.91. The number of carbonyl (C=O) groups is 1. The van der Waals surface area contributed by atoms with E-state index in [4.69, 9.17) is 16.2 Å². The largest absolute Gasteiger partial charge is 0.392 e. The molecule has 25 heavy (non-hydrogen) atoms. The van der Waals surface area contributed by atoms with Gasteiger partial charge in [0.25, 0.3) is 0 Å². The van der Waals surface area contributed by atoms with E-state index >= 15 is 0 Å². The van der Waals surface area contributed by atoms with Gasteiger partial charge in [0.05, 0.1) is 10.5 Å². The third-order valence-corrected chi connectivity index (χ3v) is 3.00. The third kappa shape index (κ3) is 7.11. The number of esters is 1. The average Bonchev–Trinajstić information content (AvgIpc) is 2.55. The first kappa shape index (κ1) is 19.6. The first-order chi connectivity index (χ1) is 11.8. The Bertz CT molecular complexity index is 633. The molecule has 0 aliphatic rings. The van der Waals surface area contributed by atoms with Gasteiger partial charge in [0, 0.05) is 6.54 Å². The van der Waals surface area contributed by atoms with Gasteiger partial charge in [-0.15, -0.1) is 5.43 Å². The van der Waals surface area contributed by atoms with Crippen LogP contribution in [0.25, 0.3) is 0 Å². The van der Waals surface area contributed by atoms with E-state index < -0.39 is 28.2 Å². The second-order valence-corrected chi connectivity index (χ2v) is 4.87. The Balaban J connectivity index is 2.79. The molecule has 0 aliphatic heterocycles. The molecule has 136 valence electrons. The molecule has 0 saturated carbocycles. The summed E-state index contributed by atoms with van der Waals surface area (Å²) in [6.07, 6.45) is -1.58. The van der Waals surface area contributed by atoms with Gasteiger partial charge in [-0.05, 0) is 25.0 Å². The Morgan fingerprint density at radius 2 is 1.88 bits per heavy atom. The van der Waals surface area contributed by atoms with Crippen molar-refractivity contribution in [1.29, 1.82) is 0 Å². The lowest BCUT2D eigenvalue weighted by Gasteiger charge is -2.15. The highest BCUT2D eigenvalue weighted by Crippen LogP contribution is 2.19. The van der Waals surface area contributed by atoms with E-state index in [1.807, 2.05) is 0 Å². The molecule has 1 rings (SSSR count). The summed E-state index contributed by atoms with van der Waals surface area (Å²) in [6, 6.07) is 6.17. The lowest BCUT2D eigenvalue weighted by Crippen LogP contribution is -2.42. The van der Waals surface area contributed by atoms with E-state index in [1.54, 1.807) is 23.6 Å². The van der Waals surface area contributed by atoms with Crippen LogP contribution in [0.2, 0.25) is 0 Å². The molecule has 12 heteroatoms. The van der Waals surface area contributed by atoms with Crippen molar-refractivity contribution in [1.82, 2.24) is 5.43 Å². The standard InChI is InChI=1S/C13H18N6O6/c14-13(15)16-8-4-7-10(17-19(23)24)12(20)25-11(18(21)22)9-5-2-1-3-6-9/h1-3,5-6,10-11,17H,4,7-8H2,(H4,14,15,16)/t10-,11?/m0/s1. The van der Waals surface area contributed by atoms with E-state index in [9.17, 15) is 25.0 Å². The molecule has 2 atom stereocenters. The Morgan fingerprint density at radius 1 is 1.24 bits per heavy atom. The summed E-state index contributed by atoms with van der Waals surface area (Å²) in [7, 11) is 0. The average molecular weight is 354 g/mol. The van der Waals surface area contributed by atoms with E-state index in [2.05, 4.69) is 4.99 Å². The van der Waals surface area contributed by atoms with Gasteiger partial charge in [-0.2, -0.15) is 0 Å². The monoisotopic (exact) mass is 354 g/mol. The number of rotatable bonds is 10. The number of hydrogen-bond donors (Lipinski definition) is 3. The Morgan fingerprint density at radius 3 is 2.40 bits per heavy atom. The molecule has 12 nitrogen and oxygen atoms in total. The lowest BCUT2D eigenvalue weighted by atomic mass is 10.1. The number of nitro groups is 2. The van der Waals surface area contributed by atoms with Gasteiger partial charge in [0.15, 0.2) is 17.0 Å². The minimum Gasteiger partial charge on any atom is -0.392 e. The molecule has 0 aromatic heterocycles. The maximum Gasteiger partial charge on any atom is 0.382 e. The Labute approximate surface area is 142 Å². The number of carbonyl (C=O) groups excluding carboxylic acids is 1. The summed E-state index contributed by atoms with van der Waals surface area (Å²) in [5.41, 5.74) is 12.2. The molecule has 1 aromatic rings. The molecular weight excluding hydrogens is 336 g/mol. The number of ether oxygens (including phenoxy) is 1. The molecule has 1 aromatic carbocycles. The molecular formula is C13H18N6O6. The highest BCUT2D eigenvalue weighted by Gasteiger charge is 2.32. The van der Waals surface area contributed by atoms with Crippen LogP contribution in [0.3, 0.4) is 0 Å². The first-order valence-corrected chi connectivity index (χ1v) is 7.16. The van der Waals surface area contributed by atoms with E-state index in [1.165, 1.54) is 12.1 Å². The fraction of sp³-hybridized carbons (Fsp3) is 0.385. The van der Waals surface area contributed by atoms with Crippen LogP contribution in [0.1, 0.15) is 24.6 Å². The van der Waals surface area contributed by atoms with Gasteiger partial charge in [0.1, 0.15) is 0 Å². The normalized spacial score (nSPS) is 12.5. The van der Waals surface area contributed by atoms with Crippen molar-refractivity contribution >= 4 is 11.9 Å². The number of nitrogens with two attached hydrogens (primary N) is 2. The van der Waals surface area contributed by atoms with Crippen LogP contribution in [0.5, 0.6) is 0 Å². The molecule has 0 bridgehead atoms. The van der Waals surface area contributed by atoms with E-state index in [0.717, 1.165) is 0 Å². The molecule has 0 amide bonds. The van der Waals surface area contributed by atoms with Crippen LogP contribution in [-0.2, 0) is 9.53 Å². The molecule has 0 aliphatic carbocycles. The summed E-state index contributed by atoms with van der Waals surface area (Å²) >= 11 is 0. The summed E-state index contributed by atoms with van der Waals surface area (Å²) in [5.74, 6) is -1.27. The van der Waals surface area contributed by atoms with Gasteiger partial charge in [-0.1, -0.05) is 18.2 Å². The molecule has 1 unspecified atom stereocenters. The van der Waals surface area contributed by atoms with Crippen molar-refractivity contribution in [3.8, 4) is 0 Å². The summed E-state index contributed by atoms with van der Waals surface area (Å²) < 4.78 is 4.85. The second kappa shape index (κ2) is 9.64. The van der Waals surface area contributed by atoms with Crippen LogP contribution < -0.4 is 16.9 Å². The molecule has 5 N–H and O–H groups in total. The van der Waals surface area contributed by atoms with Crippen LogP contribution in [0.15, 0.2) is 35.3 Å². The molecule has 0 heterocycles. The zero-order valence-corrected chi connectivity index (χ0v) is 13.1. The number of benzene rings is 1. The summed E-state index contributed by atoms with van der Waals surface area (Å²) in [5, 5.41) is 20.9. The summed E-state index contributed by atoms with van der Waals surface area (Å²) in [4.78, 5) is 36.8. The number of nitrogens with zero attached hydrogens (tertiary/aromatic N) is 3. The number of hydrogen-bond acceptors (Lipinski definition) is 7. The van der Waals surface area contributed by atoms with Crippen LogP contribution >= 0.6 is 0 Å². The van der Waals surface area contributed by atoms with Crippen molar-refractivity contribution in [2.24, 2.45) is 16.5 Å². The molecule has 0 saturated heterocycles.